The molecule has 1 aromatic carbocycles. The molecule has 1 aromatic heterocycles. The van der Waals surface area contributed by atoms with Crippen LogP contribution >= 0.6 is 27.3 Å². The summed E-state index contributed by atoms with van der Waals surface area (Å²) >= 11 is 5.23. The van der Waals surface area contributed by atoms with E-state index in [1.54, 1.807) is 18.4 Å². The van der Waals surface area contributed by atoms with Gasteiger partial charge in [-0.25, -0.2) is 0 Å². The van der Waals surface area contributed by atoms with E-state index >= 15 is 0 Å². The summed E-state index contributed by atoms with van der Waals surface area (Å²) in [5.41, 5.74) is 2.47. The Balaban J connectivity index is 1.52. The lowest BCUT2D eigenvalue weighted by atomic mass is 10.1. The summed E-state index contributed by atoms with van der Waals surface area (Å²) in [7, 11) is 3.71. The normalized spacial score (nSPS) is 14.1. The van der Waals surface area contributed by atoms with Gasteiger partial charge in [0.25, 0.3) is 0 Å². The second-order valence-corrected chi connectivity index (χ2v) is 8.23. The van der Waals surface area contributed by atoms with Crippen molar-refractivity contribution >= 4 is 39.1 Å². The maximum atomic E-state index is 12.6. The summed E-state index contributed by atoms with van der Waals surface area (Å²) in [6, 6.07) is 10.3. The highest BCUT2D eigenvalue weighted by Gasteiger charge is 2.21. The summed E-state index contributed by atoms with van der Waals surface area (Å²) in [6.45, 7) is 2.49. The summed E-state index contributed by atoms with van der Waals surface area (Å²) in [4.78, 5) is 22.2. The Morgan fingerprint density at radius 2 is 2.12 bits per heavy atom. The first kappa shape index (κ1) is 18.9. The molecule has 2 aromatic rings. The van der Waals surface area contributed by atoms with Crippen LogP contribution in [0.1, 0.15) is 16.0 Å². The number of amides is 1. The third-order valence-electron chi connectivity index (χ3n) is 4.46. The quantitative estimate of drug-likeness (QED) is 0.593. The number of halogens is 1. The molecule has 0 unspecified atom stereocenters. The number of hydrogen-bond acceptors (Lipinski definition) is 3. The lowest BCUT2D eigenvalue weighted by molar-refractivity contribution is -0.130. The minimum atomic E-state index is 0.111. The van der Waals surface area contributed by atoms with Crippen molar-refractivity contribution < 1.29 is 4.79 Å². The van der Waals surface area contributed by atoms with Crippen LogP contribution < -0.4 is 5.32 Å². The number of carbonyl (C=O) groups is 1. The molecule has 1 N–H and O–H groups in total. The fourth-order valence-corrected chi connectivity index (χ4v) is 4.21. The molecule has 0 aliphatic carbocycles. The van der Waals surface area contributed by atoms with E-state index in [9.17, 15) is 4.79 Å². The smallest absolute Gasteiger partial charge is 0.242 e. The van der Waals surface area contributed by atoms with E-state index in [-0.39, 0.29) is 12.5 Å². The molecule has 7 heteroatoms. The zero-order chi connectivity index (χ0) is 18.5. The van der Waals surface area contributed by atoms with Gasteiger partial charge >= 0.3 is 0 Å². The molecule has 26 heavy (non-hydrogen) atoms. The van der Waals surface area contributed by atoms with Gasteiger partial charge in [-0.2, -0.15) is 0 Å². The summed E-state index contributed by atoms with van der Waals surface area (Å²) in [5, 5.41) is 5.30. The van der Waals surface area contributed by atoms with Crippen LogP contribution in [-0.2, 0) is 24.3 Å². The van der Waals surface area contributed by atoms with Gasteiger partial charge in [-0.05, 0) is 41.1 Å². The van der Waals surface area contributed by atoms with Crippen molar-refractivity contribution in [1.29, 1.82) is 0 Å². The molecule has 1 aliphatic rings. The molecule has 0 fully saturated rings. The predicted octanol–water partition coefficient (Wildman–Crippen LogP) is 3.10. The first-order valence-corrected chi connectivity index (χ1v) is 10.2. The van der Waals surface area contributed by atoms with Gasteiger partial charge < -0.3 is 15.1 Å². The molecule has 1 amide bonds. The summed E-state index contributed by atoms with van der Waals surface area (Å²) in [6.07, 6.45) is 0.955. The van der Waals surface area contributed by atoms with Gasteiger partial charge in [0.1, 0.15) is 0 Å². The Hall–Kier alpha value is -1.86. The van der Waals surface area contributed by atoms with Crippen LogP contribution in [0.5, 0.6) is 0 Å². The summed E-state index contributed by atoms with van der Waals surface area (Å²) < 4.78 is 1.06. The first-order valence-electron chi connectivity index (χ1n) is 8.56. The third kappa shape index (κ3) is 4.65. The van der Waals surface area contributed by atoms with Crippen molar-refractivity contribution in [3.8, 4) is 0 Å². The van der Waals surface area contributed by atoms with E-state index in [0.29, 0.717) is 6.54 Å². The van der Waals surface area contributed by atoms with Crippen molar-refractivity contribution in [2.24, 2.45) is 4.99 Å². The minimum Gasteiger partial charge on any atom is -0.347 e. The van der Waals surface area contributed by atoms with Gasteiger partial charge in [-0.15, -0.1) is 11.3 Å². The number of guanidine groups is 1. The predicted molar refractivity (Wildman–Crippen MR) is 110 cm³/mol. The van der Waals surface area contributed by atoms with E-state index in [1.165, 1.54) is 16.0 Å². The Bertz CT molecular complexity index is 787. The van der Waals surface area contributed by atoms with E-state index in [1.807, 2.05) is 29.0 Å². The highest BCUT2D eigenvalue weighted by molar-refractivity contribution is 9.10. The van der Waals surface area contributed by atoms with Gasteiger partial charge in [-0.3, -0.25) is 9.79 Å². The zero-order valence-electron chi connectivity index (χ0n) is 15.0. The Kier molecular flexibility index (Phi) is 6.32. The summed E-state index contributed by atoms with van der Waals surface area (Å²) in [5.74, 6) is 0.828. The molecule has 5 nitrogen and oxygen atoms in total. The second kappa shape index (κ2) is 8.68. The lowest BCUT2D eigenvalue weighted by Gasteiger charge is -2.28. The van der Waals surface area contributed by atoms with Crippen molar-refractivity contribution in [3.05, 3.63) is 56.2 Å². The zero-order valence-corrected chi connectivity index (χ0v) is 17.4. The van der Waals surface area contributed by atoms with E-state index in [2.05, 4.69) is 49.8 Å². The molecule has 1 aliphatic heterocycles. The number of hydrogen-bond donors (Lipinski definition) is 1. The number of carbonyl (C=O) groups excluding carboxylic acids is 1. The van der Waals surface area contributed by atoms with Gasteiger partial charge in [-0.1, -0.05) is 28.1 Å². The van der Waals surface area contributed by atoms with Gasteiger partial charge in [0.15, 0.2) is 5.96 Å². The number of fused-ring (bicyclic) bond motifs is 1. The molecule has 138 valence electrons. The lowest BCUT2D eigenvalue weighted by Crippen LogP contribution is -2.46. The molecule has 0 saturated heterocycles. The highest BCUT2D eigenvalue weighted by atomic mass is 79.9. The first-order chi connectivity index (χ1) is 12.6. The van der Waals surface area contributed by atoms with Gasteiger partial charge in [0.05, 0.1) is 6.54 Å². The number of aliphatic imine (C=N–C) groups is 1. The van der Waals surface area contributed by atoms with Crippen LogP contribution in [0.2, 0.25) is 0 Å². The van der Waals surface area contributed by atoms with Gasteiger partial charge in [0, 0.05) is 43.1 Å². The fourth-order valence-electron chi connectivity index (χ4n) is 3.05. The van der Waals surface area contributed by atoms with Crippen molar-refractivity contribution in [3.63, 3.8) is 0 Å². The second-order valence-electron chi connectivity index (χ2n) is 6.32. The largest absolute Gasteiger partial charge is 0.347 e. The number of nitrogens with one attached hydrogen (secondary N) is 1. The molecule has 0 saturated carbocycles. The number of rotatable bonds is 4. The van der Waals surface area contributed by atoms with E-state index in [4.69, 9.17) is 0 Å². The van der Waals surface area contributed by atoms with Crippen molar-refractivity contribution in [2.75, 3.05) is 27.2 Å². The number of thiophene rings is 1. The molecule has 0 atom stereocenters. The van der Waals surface area contributed by atoms with E-state index < -0.39 is 0 Å². The fraction of sp³-hybridized carbons (Fsp3) is 0.368. The molecule has 0 spiro atoms. The highest BCUT2D eigenvalue weighted by Crippen LogP contribution is 2.23. The van der Waals surface area contributed by atoms with Crippen molar-refractivity contribution in [2.45, 2.75) is 19.5 Å². The van der Waals surface area contributed by atoms with Crippen LogP contribution in [0.15, 0.2) is 45.2 Å². The molecule has 0 bridgehead atoms. The van der Waals surface area contributed by atoms with Crippen LogP contribution in [0.4, 0.5) is 0 Å². The van der Waals surface area contributed by atoms with Gasteiger partial charge in [0.2, 0.25) is 5.91 Å². The van der Waals surface area contributed by atoms with E-state index in [0.717, 1.165) is 29.9 Å². The van der Waals surface area contributed by atoms with Crippen LogP contribution in [0.3, 0.4) is 0 Å². The number of nitrogens with zero attached hydrogens (tertiary/aromatic N) is 3. The molecule has 2 heterocycles. The average molecular weight is 435 g/mol. The Morgan fingerprint density at radius 3 is 2.85 bits per heavy atom. The van der Waals surface area contributed by atoms with Crippen LogP contribution in [0.25, 0.3) is 0 Å². The Labute approximate surface area is 166 Å². The number of benzene rings is 1. The van der Waals surface area contributed by atoms with Crippen LogP contribution in [-0.4, -0.2) is 48.9 Å². The topological polar surface area (TPSA) is 47.9 Å². The standard InChI is InChI=1S/C19H23BrN4OS/c1-21-19(23(2)12-14-3-5-16(20)6-4-14)22-11-18(25)24-9-7-17-15(13-24)8-10-26-17/h3-6,8,10H,7,9,11-13H2,1-2H3,(H,21,22). The average Bonchev–Trinajstić information content (AvgIpc) is 3.11. The molecular weight excluding hydrogens is 412 g/mol. The molecule has 3 rings (SSSR count). The molecule has 0 radical (unpaired) electrons. The molecular formula is C19H23BrN4OS. The monoisotopic (exact) mass is 434 g/mol. The maximum Gasteiger partial charge on any atom is 0.242 e. The third-order valence-corrected chi connectivity index (χ3v) is 6.02. The van der Waals surface area contributed by atoms with Crippen LogP contribution in [0, 0.1) is 0 Å². The maximum absolute atomic E-state index is 12.6. The SMILES string of the molecule is CN=C(NCC(=O)N1CCc2sccc2C1)N(C)Cc1ccc(Br)cc1. The van der Waals surface area contributed by atoms with Crippen molar-refractivity contribution in [1.82, 2.24) is 15.1 Å². The Morgan fingerprint density at radius 1 is 1.35 bits per heavy atom. The minimum absolute atomic E-state index is 0.111.